The highest BCUT2D eigenvalue weighted by molar-refractivity contribution is 5.87. The number of imidazole rings is 1. The van der Waals surface area contributed by atoms with Gasteiger partial charge in [0, 0.05) is 18.4 Å². The van der Waals surface area contributed by atoms with Crippen LogP contribution < -0.4 is 5.69 Å². The number of carbonyl (C=O) groups is 1. The van der Waals surface area contributed by atoms with Gasteiger partial charge in [0.15, 0.2) is 0 Å². The molecule has 2 heterocycles. The maximum absolute atomic E-state index is 12.0. The molecule has 1 N–H and O–H groups in total. The third-order valence-electron chi connectivity index (χ3n) is 3.04. The molecular formula is C12H12N2O4. The van der Waals surface area contributed by atoms with Crippen molar-refractivity contribution >= 4 is 5.97 Å². The van der Waals surface area contributed by atoms with Gasteiger partial charge in [0.25, 0.3) is 0 Å². The van der Waals surface area contributed by atoms with E-state index in [1.807, 2.05) is 0 Å². The van der Waals surface area contributed by atoms with E-state index >= 15 is 0 Å². The van der Waals surface area contributed by atoms with E-state index in [4.69, 9.17) is 9.52 Å². The molecule has 1 fully saturated rings. The van der Waals surface area contributed by atoms with E-state index in [1.54, 1.807) is 17.0 Å². The summed E-state index contributed by atoms with van der Waals surface area (Å²) in [5, 5.41) is 8.77. The smallest absolute Gasteiger partial charge is 0.338 e. The van der Waals surface area contributed by atoms with Gasteiger partial charge < -0.3 is 9.52 Å². The molecule has 2 aromatic heterocycles. The van der Waals surface area contributed by atoms with Gasteiger partial charge in [-0.25, -0.2) is 9.59 Å². The average molecular weight is 248 g/mol. The van der Waals surface area contributed by atoms with Crippen molar-refractivity contribution in [3.63, 3.8) is 0 Å². The lowest BCUT2D eigenvalue weighted by Gasteiger charge is -1.98. The molecule has 0 radical (unpaired) electrons. The van der Waals surface area contributed by atoms with Gasteiger partial charge in [-0.3, -0.25) is 9.13 Å². The minimum Gasteiger partial charge on any atom is -0.478 e. The molecule has 0 aliphatic heterocycles. The molecule has 3 rings (SSSR count). The van der Waals surface area contributed by atoms with Crippen LogP contribution >= 0.6 is 0 Å². The Labute approximate surface area is 102 Å². The highest BCUT2D eigenvalue weighted by Crippen LogP contribution is 2.33. The quantitative estimate of drug-likeness (QED) is 0.885. The lowest BCUT2D eigenvalue weighted by Crippen LogP contribution is -2.23. The summed E-state index contributed by atoms with van der Waals surface area (Å²) in [6.07, 6.45) is 6.74. The van der Waals surface area contributed by atoms with Gasteiger partial charge >= 0.3 is 11.7 Å². The molecule has 0 bridgehead atoms. The molecule has 94 valence electrons. The van der Waals surface area contributed by atoms with Crippen molar-refractivity contribution in [1.82, 2.24) is 9.13 Å². The Hall–Kier alpha value is -2.24. The number of nitrogens with zero attached hydrogens (tertiary/aromatic N) is 2. The van der Waals surface area contributed by atoms with Crippen LogP contribution in [0.15, 0.2) is 33.9 Å². The zero-order chi connectivity index (χ0) is 12.7. The fourth-order valence-corrected chi connectivity index (χ4v) is 1.92. The monoisotopic (exact) mass is 248 g/mol. The molecule has 0 amide bonds. The summed E-state index contributed by atoms with van der Waals surface area (Å²) < 4.78 is 8.35. The van der Waals surface area contributed by atoms with E-state index in [0.29, 0.717) is 11.8 Å². The zero-order valence-corrected chi connectivity index (χ0v) is 9.57. The van der Waals surface area contributed by atoms with E-state index < -0.39 is 5.97 Å². The van der Waals surface area contributed by atoms with Gasteiger partial charge in [-0.15, -0.1) is 0 Å². The molecule has 0 spiro atoms. The largest absolute Gasteiger partial charge is 0.478 e. The van der Waals surface area contributed by atoms with E-state index in [9.17, 15) is 9.59 Å². The zero-order valence-electron chi connectivity index (χ0n) is 9.57. The second-order valence-electron chi connectivity index (χ2n) is 4.45. The van der Waals surface area contributed by atoms with Crippen LogP contribution in [0.1, 0.15) is 35.0 Å². The van der Waals surface area contributed by atoms with Gasteiger partial charge in [-0.05, 0) is 18.9 Å². The molecule has 0 unspecified atom stereocenters. The van der Waals surface area contributed by atoms with Crippen molar-refractivity contribution in [2.24, 2.45) is 0 Å². The number of hydrogen-bond donors (Lipinski definition) is 1. The summed E-state index contributed by atoms with van der Waals surface area (Å²) in [4.78, 5) is 22.7. The van der Waals surface area contributed by atoms with E-state index in [-0.39, 0.29) is 17.8 Å². The summed E-state index contributed by atoms with van der Waals surface area (Å²) >= 11 is 0. The minimum atomic E-state index is -1.03. The van der Waals surface area contributed by atoms with E-state index in [1.165, 1.54) is 16.9 Å². The third kappa shape index (κ3) is 1.85. The summed E-state index contributed by atoms with van der Waals surface area (Å²) in [7, 11) is 0. The van der Waals surface area contributed by atoms with Gasteiger partial charge in [-0.1, -0.05) is 0 Å². The molecule has 18 heavy (non-hydrogen) atoms. The standard InChI is InChI=1S/C12H12N2O4/c15-11(16)8-5-10(18-7-8)6-13-3-4-14(12(13)17)9-1-2-9/h3-5,7,9H,1-2,6H2,(H,15,16). The van der Waals surface area contributed by atoms with Crippen LogP contribution in [0.4, 0.5) is 0 Å². The Morgan fingerprint density at radius 2 is 2.22 bits per heavy atom. The summed E-state index contributed by atoms with van der Waals surface area (Å²) in [6.45, 7) is 0.256. The summed E-state index contributed by atoms with van der Waals surface area (Å²) in [5.74, 6) is -0.573. The molecule has 0 aromatic carbocycles. The van der Waals surface area contributed by atoms with E-state index in [0.717, 1.165) is 12.8 Å². The number of carboxylic acid groups (broad SMARTS) is 1. The number of carboxylic acids is 1. The first-order chi connectivity index (χ1) is 8.65. The van der Waals surface area contributed by atoms with Crippen LogP contribution in [0.3, 0.4) is 0 Å². The van der Waals surface area contributed by atoms with E-state index in [2.05, 4.69) is 0 Å². The number of furan rings is 1. The SMILES string of the molecule is O=C(O)c1coc(Cn2ccn(C3CC3)c2=O)c1. The number of rotatable bonds is 4. The Morgan fingerprint density at radius 1 is 1.44 bits per heavy atom. The van der Waals surface area contributed by atoms with Crippen LogP contribution in [0.5, 0.6) is 0 Å². The molecule has 1 aliphatic rings. The van der Waals surface area contributed by atoms with Gasteiger partial charge in [-0.2, -0.15) is 0 Å². The van der Waals surface area contributed by atoms with Crippen LogP contribution in [0.2, 0.25) is 0 Å². The fraction of sp³-hybridized carbons (Fsp3) is 0.333. The highest BCUT2D eigenvalue weighted by atomic mass is 16.4. The Morgan fingerprint density at radius 3 is 2.83 bits per heavy atom. The molecule has 6 heteroatoms. The van der Waals surface area contributed by atoms with Crippen molar-refractivity contribution < 1.29 is 14.3 Å². The maximum Gasteiger partial charge on any atom is 0.338 e. The summed E-state index contributed by atoms with van der Waals surface area (Å²) in [5.41, 5.74) is 0.0189. The average Bonchev–Trinajstić information content (AvgIpc) is 2.95. The van der Waals surface area contributed by atoms with Gasteiger partial charge in [0.2, 0.25) is 0 Å². The molecule has 0 saturated heterocycles. The number of hydrogen-bond acceptors (Lipinski definition) is 3. The number of aromatic nitrogens is 2. The van der Waals surface area contributed by atoms with Crippen LogP contribution in [-0.2, 0) is 6.54 Å². The first-order valence-corrected chi connectivity index (χ1v) is 5.73. The second-order valence-corrected chi connectivity index (χ2v) is 4.45. The Kier molecular flexibility index (Phi) is 2.36. The first kappa shape index (κ1) is 10.9. The van der Waals surface area contributed by atoms with Crippen LogP contribution in [-0.4, -0.2) is 20.2 Å². The maximum atomic E-state index is 12.0. The van der Waals surface area contributed by atoms with Crippen LogP contribution in [0, 0.1) is 0 Å². The van der Waals surface area contributed by atoms with Crippen molar-refractivity contribution in [2.75, 3.05) is 0 Å². The molecule has 2 aromatic rings. The molecule has 1 saturated carbocycles. The van der Waals surface area contributed by atoms with Crippen molar-refractivity contribution in [3.8, 4) is 0 Å². The van der Waals surface area contributed by atoms with Gasteiger partial charge in [0.05, 0.1) is 12.1 Å². The minimum absolute atomic E-state index is 0.0780. The predicted octanol–water partition coefficient (Wildman–Crippen LogP) is 1.32. The van der Waals surface area contributed by atoms with Gasteiger partial charge in [0.1, 0.15) is 12.0 Å². The molecule has 1 aliphatic carbocycles. The highest BCUT2D eigenvalue weighted by Gasteiger charge is 2.25. The fourth-order valence-electron chi connectivity index (χ4n) is 1.92. The normalized spacial score (nSPS) is 14.9. The second kappa shape index (κ2) is 3.90. The van der Waals surface area contributed by atoms with Crippen molar-refractivity contribution in [2.45, 2.75) is 25.4 Å². The Bertz CT molecular complexity index is 645. The summed E-state index contributed by atoms with van der Waals surface area (Å²) in [6, 6.07) is 1.77. The predicted molar refractivity (Wildman–Crippen MR) is 61.7 cm³/mol. The number of aromatic carboxylic acids is 1. The molecule has 0 atom stereocenters. The lowest BCUT2D eigenvalue weighted by atomic mass is 10.3. The Balaban J connectivity index is 1.83. The topological polar surface area (TPSA) is 77.4 Å². The lowest BCUT2D eigenvalue weighted by molar-refractivity contribution is 0.0696. The van der Waals surface area contributed by atoms with Crippen molar-refractivity contribution in [1.29, 1.82) is 0 Å². The molecular weight excluding hydrogens is 236 g/mol. The third-order valence-corrected chi connectivity index (χ3v) is 3.04. The van der Waals surface area contributed by atoms with Crippen molar-refractivity contribution in [3.05, 3.63) is 46.5 Å². The first-order valence-electron chi connectivity index (χ1n) is 5.73. The van der Waals surface area contributed by atoms with Crippen LogP contribution in [0.25, 0.3) is 0 Å². The molecule has 6 nitrogen and oxygen atoms in total.